The van der Waals surface area contributed by atoms with Crippen molar-refractivity contribution in [1.82, 2.24) is 19.8 Å². The van der Waals surface area contributed by atoms with Gasteiger partial charge in [-0.2, -0.15) is 79.0 Å². The third-order valence-corrected chi connectivity index (χ3v) is 24.0. The molecule has 0 fully saturated rings. The number of phenolic OH excluding ortho intramolecular Hbond substituents is 2. The SMILES string of the molecule is CC.CC.CC(=O)O.CC(=O)Oc1cc(-c2ccc(N3C(=O)c4ccc(C(c5ccc6c(c5)C(=O)N(C)C6=O)(C(F)(F)F)C(F)(F)F)cc4C3=O)c(OC(C)=O)c2)ccc1C.Cc1ccc(-c2ccc(N3C(=O)c4ccc(C(c5ccc6c(c5)C(=O)N(C)C6=O)(C(F)(F)F)C(F)(F)F)cc4C3=O)c(O)c2)cc1O.Cc1nc2cc(-c3ccc4nc(C)oc4c3)ccc2o1.FC(F)(F)C(c1ccccc1)(c1ccccc1)C(F)(F)F. The van der Waals surface area contributed by atoms with Crippen molar-refractivity contribution in [3.05, 3.63) is 343 Å². The number of aliphatic carboxylic acids is 1. The molecular formula is C107H82F18N6O18. The molecule has 6 heterocycles. The molecule has 0 atom stereocenters. The number of imide groups is 4. The number of oxazole rings is 2. The summed E-state index contributed by atoms with van der Waals surface area (Å²) in [5.74, 6) is -10.7. The number of aromatic hydroxyl groups is 2. The van der Waals surface area contributed by atoms with E-state index < -0.39 is 197 Å². The van der Waals surface area contributed by atoms with Gasteiger partial charge in [0.05, 0.1) is 55.9 Å². The van der Waals surface area contributed by atoms with Crippen molar-refractivity contribution in [2.45, 2.75) is 129 Å². The lowest BCUT2D eigenvalue weighted by Crippen LogP contribution is -2.55. The number of aromatic nitrogens is 2. The highest BCUT2D eigenvalue weighted by atomic mass is 19.4. The molecule has 774 valence electrons. The fourth-order valence-corrected chi connectivity index (χ4v) is 17.2. The summed E-state index contributed by atoms with van der Waals surface area (Å²) in [5.41, 5.74) is -18.4. The molecule has 0 unspecified atom stereocenters. The maximum Gasteiger partial charge on any atom is 0.411 e. The Labute approximate surface area is 833 Å². The van der Waals surface area contributed by atoms with Crippen molar-refractivity contribution in [3.63, 3.8) is 0 Å². The number of carbonyl (C=O) groups is 11. The van der Waals surface area contributed by atoms with Gasteiger partial charge in [-0.15, -0.1) is 0 Å². The highest BCUT2D eigenvalue weighted by Crippen LogP contribution is 2.61. The van der Waals surface area contributed by atoms with Gasteiger partial charge in [-0.1, -0.05) is 161 Å². The van der Waals surface area contributed by atoms with Crippen molar-refractivity contribution in [2.75, 3.05) is 23.9 Å². The number of amides is 8. The predicted octanol–water partition coefficient (Wildman–Crippen LogP) is 25.0. The summed E-state index contributed by atoms with van der Waals surface area (Å²) in [6.45, 7) is 18.4. The minimum atomic E-state index is -6.14. The number of rotatable bonds is 13. The Morgan fingerprint density at radius 3 is 0.973 bits per heavy atom. The molecule has 0 radical (unpaired) electrons. The number of carboxylic acid groups (broad SMARTS) is 1. The van der Waals surface area contributed by atoms with Gasteiger partial charge in [-0.25, -0.2) is 19.8 Å². The van der Waals surface area contributed by atoms with E-state index in [1.807, 2.05) is 77.9 Å². The van der Waals surface area contributed by atoms with E-state index in [-0.39, 0.29) is 34.2 Å². The molecule has 4 aliphatic rings. The van der Waals surface area contributed by atoms with Crippen LogP contribution in [0.4, 0.5) is 90.4 Å². The van der Waals surface area contributed by atoms with E-state index in [1.165, 1.54) is 67.6 Å². The normalized spacial score (nSPS) is 13.6. The first-order chi connectivity index (χ1) is 69.7. The molecule has 0 bridgehead atoms. The van der Waals surface area contributed by atoms with Crippen molar-refractivity contribution in [2.24, 2.45) is 0 Å². The molecular weight excluding hydrogens is 2000 g/mol. The van der Waals surface area contributed by atoms with Crippen LogP contribution in [0.1, 0.15) is 188 Å². The highest BCUT2D eigenvalue weighted by molar-refractivity contribution is 6.36. The average molecular weight is 2080 g/mol. The molecule has 4 aliphatic heterocycles. The Balaban J connectivity index is 0.000000184. The highest BCUT2D eigenvalue weighted by Gasteiger charge is 2.76. The fraction of sp³-hybridized carbons (Fsp3) is 0.206. The van der Waals surface area contributed by atoms with E-state index in [1.54, 1.807) is 38.1 Å². The maximum absolute atomic E-state index is 15.1. The van der Waals surface area contributed by atoms with Gasteiger partial charge in [0.2, 0.25) is 16.2 Å². The van der Waals surface area contributed by atoms with Crippen molar-refractivity contribution >= 4 is 98.7 Å². The lowest BCUT2D eigenvalue weighted by atomic mass is 9.71. The number of aryl methyl sites for hydroxylation is 4. The number of anilines is 2. The van der Waals surface area contributed by atoms with Crippen LogP contribution in [-0.2, 0) is 30.6 Å². The van der Waals surface area contributed by atoms with Crippen LogP contribution < -0.4 is 19.3 Å². The van der Waals surface area contributed by atoms with Crippen molar-refractivity contribution < 1.29 is 165 Å². The molecule has 18 rings (SSSR count). The number of carboxylic acids is 1. The zero-order chi connectivity index (χ0) is 110. The van der Waals surface area contributed by atoms with E-state index in [9.17, 15) is 111 Å². The van der Waals surface area contributed by atoms with Gasteiger partial charge in [-0.05, 0) is 201 Å². The monoisotopic (exact) mass is 2080 g/mol. The molecule has 0 saturated heterocycles. The Hall–Kier alpha value is -17.1. The van der Waals surface area contributed by atoms with Crippen molar-refractivity contribution in [1.29, 1.82) is 0 Å². The van der Waals surface area contributed by atoms with Gasteiger partial charge in [-0.3, -0.25) is 62.5 Å². The average Bonchev–Trinajstić information content (AvgIpc) is 1.65. The second kappa shape index (κ2) is 41.8. The van der Waals surface area contributed by atoms with Gasteiger partial charge in [0.1, 0.15) is 28.3 Å². The van der Waals surface area contributed by atoms with Crippen LogP contribution in [0.15, 0.2) is 251 Å². The molecule has 0 spiro atoms. The van der Waals surface area contributed by atoms with Crippen LogP contribution in [0.25, 0.3) is 55.6 Å². The largest absolute Gasteiger partial charge is 0.508 e. The minimum absolute atomic E-state index is 0.0386. The quantitative estimate of drug-likeness (QED) is 0.0418. The third kappa shape index (κ3) is 20.3. The number of phenols is 2. The molecule has 3 N–H and O–H groups in total. The van der Waals surface area contributed by atoms with E-state index in [2.05, 4.69) is 9.97 Å². The van der Waals surface area contributed by atoms with Crippen LogP contribution in [0, 0.1) is 27.7 Å². The molecule has 42 heteroatoms. The second-order valence-electron chi connectivity index (χ2n) is 33.1. The van der Waals surface area contributed by atoms with E-state index in [0.717, 1.165) is 110 Å². The number of nitrogens with zero attached hydrogens (tertiary/aromatic N) is 6. The van der Waals surface area contributed by atoms with Gasteiger partial charge in [0.25, 0.3) is 53.2 Å². The molecule has 0 saturated carbocycles. The first-order valence-electron chi connectivity index (χ1n) is 44.4. The lowest BCUT2D eigenvalue weighted by Gasteiger charge is -2.38. The summed E-state index contributed by atoms with van der Waals surface area (Å²) in [6.07, 6.45) is -35.5. The number of alkyl halides is 18. The molecule has 149 heavy (non-hydrogen) atoms. The fourth-order valence-electron chi connectivity index (χ4n) is 17.2. The molecule has 2 aromatic heterocycles. The minimum Gasteiger partial charge on any atom is -0.508 e. The van der Waals surface area contributed by atoms with Gasteiger partial charge in [0.15, 0.2) is 28.7 Å². The summed E-state index contributed by atoms with van der Waals surface area (Å²) in [6, 6.07) is 45.5. The van der Waals surface area contributed by atoms with Crippen LogP contribution in [0.2, 0.25) is 0 Å². The number of carbonyl (C=O) groups excluding carboxylic acids is 10. The van der Waals surface area contributed by atoms with Gasteiger partial charge in [0, 0.05) is 48.7 Å². The Morgan fingerprint density at radius 2 is 0.584 bits per heavy atom. The standard InChI is InChI=1S/C37H24F6N2O8.C33H20F6N2O6.C16H12N2O2.C15H10F6.C2H4O2.2C2H6/c1-17-5-6-20(13-29(17)52-18(2)46)21-7-12-28(30(14-21)53-19(3)47)45-33(50)25-11-9-23(16-27(25)34(45)51)35(36(38,39)40,37(41,42)43)22-8-10-24-26(15-22)32(49)44(4)31(24)48;1-15-3-4-16(11-25(15)42)17-5-10-24(26(43)12-17)41-29(46)21-9-7-19(14-23(21)30(41)47)31(32(34,35)36,33(37,38)39)18-6-8-20-22(13-18)28(45)40(2)27(20)44;1-9-17-13-5-3-12(8-16(13)20-9)11-4-6-15-14(7-11)18-10(2)19-15;16-14(17,18)13(15(19,20)21,11-7-3-1-4-8-11)12-9-5-2-6-10-12;1-2(3)4;2*1-2/h5-16H,1-4H3;3-14,42-43H,1-2H3;3-8H,1-2H3;1-10H;1H3,(H,3,4);2*1-2H3. The third-order valence-electron chi connectivity index (χ3n) is 24.0. The van der Waals surface area contributed by atoms with Gasteiger partial charge < -0.3 is 33.6 Å². The summed E-state index contributed by atoms with van der Waals surface area (Å²) < 4.78 is 282. The maximum atomic E-state index is 15.1. The van der Waals surface area contributed by atoms with E-state index in [0.29, 0.717) is 138 Å². The zero-order valence-corrected chi connectivity index (χ0v) is 80.0. The number of benzene rings is 12. The Bertz CT molecular complexity index is 7530. The van der Waals surface area contributed by atoms with Crippen LogP contribution in [0.5, 0.6) is 23.0 Å². The van der Waals surface area contributed by atoms with Crippen molar-refractivity contribution in [3.8, 4) is 56.4 Å². The Kier molecular flexibility index (Phi) is 31.0. The molecule has 12 aromatic carbocycles. The number of hydrogen-bond donors (Lipinski definition) is 3. The molecule has 0 aliphatic carbocycles. The summed E-state index contributed by atoms with van der Waals surface area (Å²) in [7, 11) is 2.04. The molecule has 24 nitrogen and oxygen atoms in total. The number of ether oxygens (including phenoxy) is 2. The summed E-state index contributed by atoms with van der Waals surface area (Å²) >= 11 is 0. The lowest BCUT2D eigenvalue weighted by molar-refractivity contribution is -0.290. The first kappa shape index (κ1) is 111. The number of halogens is 18. The van der Waals surface area contributed by atoms with Crippen LogP contribution >= 0.6 is 0 Å². The summed E-state index contributed by atoms with van der Waals surface area (Å²) in [5, 5.41) is 28.2. The zero-order valence-electron chi connectivity index (χ0n) is 80.0. The smallest absolute Gasteiger partial charge is 0.411 e. The number of esters is 2. The first-order valence-corrected chi connectivity index (χ1v) is 44.4. The second-order valence-corrected chi connectivity index (χ2v) is 33.1. The molecule has 14 aromatic rings. The number of hydrogen-bond acceptors (Lipinski definition) is 19. The van der Waals surface area contributed by atoms with Gasteiger partial charge >= 0.3 is 49.0 Å². The topological polar surface area (TPSA) is 332 Å². The molecule has 8 amide bonds. The predicted molar refractivity (Wildman–Crippen MR) is 504 cm³/mol. The van der Waals surface area contributed by atoms with Crippen LogP contribution in [0.3, 0.4) is 0 Å². The van der Waals surface area contributed by atoms with E-state index >= 15 is 26.3 Å². The van der Waals surface area contributed by atoms with E-state index in [4.69, 9.17) is 28.2 Å². The Morgan fingerprint density at radius 1 is 0.295 bits per heavy atom. The summed E-state index contributed by atoms with van der Waals surface area (Å²) in [4.78, 5) is 147. The van der Waals surface area contributed by atoms with Crippen LogP contribution in [-0.4, -0.2) is 151 Å². The number of fused-ring (bicyclic) bond motifs is 6.